The predicted octanol–water partition coefficient (Wildman–Crippen LogP) is 4.14. The lowest BCUT2D eigenvalue weighted by Gasteiger charge is -2.15. The van der Waals surface area contributed by atoms with E-state index in [1.807, 2.05) is 36.6 Å². The first kappa shape index (κ1) is 18.5. The Balaban J connectivity index is 1.86. The van der Waals surface area contributed by atoms with Crippen LogP contribution >= 0.6 is 11.3 Å². The minimum Gasteiger partial charge on any atom is -0.379 e. The summed E-state index contributed by atoms with van der Waals surface area (Å²) in [5.74, 6) is 0. The number of aromatic nitrogens is 2. The van der Waals surface area contributed by atoms with Gasteiger partial charge in [-0.2, -0.15) is 0 Å². The summed E-state index contributed by atoms with van der Waals surface area (Å²) in [5, 5.41) is 2.03. The molecule has 24 heavy (non-hydrogen) atoms. The van der Waals surface area contributed by atoms with Gasteiger partial charge in [-0.05, 0) is 36.8 Å². The largest absolute Gasteiger partial charge is 0.379 e. The van der Waals surface area contributed by atoms with Gasteiger partial charge >= 0.3 is 0 Å². The molecule has 128 valence electrons. The summed E-state index contributed by atoms with van der Waals surface area (Å²) >= 11 is 1.69. The Morgan fingerprint density at radius 3 is 2.79 bits per heavy atom. The zero-order valence-electron chi connectivity index (χ0n) is 14.2. The first-order chi connectivity index (χ1) is 11.8. The highest BCUT2D eigenvalue weighted by Gasteiger charge is 2.09. The van der Waals surface area contributed by atoms with Gasteiger partial charge in [-0.1, -0.05) is 30.3 Å². The molecular weight excluding hydrogens is 320 g/mol. The van der Waals surface area contributed by atoms with Crippen molar-refractivity contribution in [1.29, 1.82) is 0 Å². The summed E-state index contributed by atoms with van der Waals surface area (Å²) < 4.78 is 11.3. The fraction of sp³-hybridized carbons (Fsp3) is 0.368. The second kappa shape index (κ2) is 10.9. The molecule has 0 fully saturated rings. The molecule has 0 amide bonds. The van der Waals surface area contributed by atoms with Crippen LogP contribution < -0.4 is 0 Å². The standard InChI is InChI=1S/C19H24N2O2S/c1-16-19(24-12-6-11-20-15-21-16)10-9-18(22-2)14-23-13-17-7-4-3-5-8-17/h3-8,11-12,15,18H,9-10,13-14H2,1-2H3. The van der Waals surface area contributed by atoms with E-state index in [-0.39, 0.29) is 6.10 Å². The molecule has 0 aliphatic heterocycles. The van der Waals surface area contributed by atoms with Crippen LogP contribution in [0.25, 0.3) is 0 Å². The van der Waals surface area contributed by atoms with E-state index in [1.54, 1.807) is 31.0 Å². The van der Waals surface area contributed by atoms with Crippen LogP contribution in [-0.4, -0.2) is 29.8 Å². The van der Waals surface area contributed by atoms with E-state index in [9.17, 15) is 0 Å². The summed E-state index contributed by atoms with van der Waals surface area (Å²) in [6.45, 7) is 3.22. The fourth-order valence-corrected chi connectivity index (χ4v) is 2.98. The van der Waals surface area contributed by atoms with E-state index < -0.39 is 0 Å². The number of rotatable bonds is 8. The van der Waals surface area contributed by atoms with Crippen molar-refractivity contribution in [3.8, 4) is 0 Å². The van der Waals surface area contributed by atoms with Crippen LogP contribution in [0.2, 0.25) is 0 Å². The highest BCUT2D eigenvalue weighted by Crippen LogP contribution is 2.14. The van der Waals surface area contributed by atoms with Crippen LogP contribution in [-0.2, 0) is 22.5 Å². The molecule has 2 aromatic rings. The molecule has 0 aliphatic rings. The maximum Gasteiger partial charge on any atom is 0.115 e. The molecule has 1 unspecified atom stereocenters. The lowest BCUT2D eigenvalue weighted by Crippen LogP contribution is -2.19. The molecule has 4 nitrogen and oxygen atoms in total. The number of nitrogens with zero attached hydrogens (tertiary/aromatic N) is 2. The van der Waals surface area contributed by atoms with Crippen molar-refractivity contribution in [2.24, 2.45) is 0 Å². The van der Waals surface area contributed by atoms with Crippen LogP contribution in [0, 0.1) is 6.92 Å². The molecule has 1 aromatic heterocycles. The van der Waals surface area contributed by atoms with Crippen molar-refractivity contribution in [1.82, 2.24) is 9.97 Å². The van der Waals surface area contributed by atoms with Gasteiger partial charge in [0.25, 0.3) is 0 Å². The highest BCUT2D eigenvalue weighted by molar-refractivity contribution is 7.09. The Bertz CT molecular complexity index is 645. The average Bonchev–Trinajstić information content (AvgIpc) is 2.71. The van der Waals surface area contributed by atoms with Crippen molar-refractivity contribution in [2.45, 2.75) is 32.5 Å². The van der Waals surface area contributed by atoms with Gasteiger partial charge in [0.15, 0.2) is 0 Å². The van der Waals surface area contributed by atoms with Gasteiger partial charge in [-0.25, -0.2) is 9.97 Å². The Morgan fingerprint density at radius 2 is 2.00 bits per heavy atom. The van der Waals surface area contributed by atoms with E-state index in [0.717, 1.165) is 18.5 Å². The van der Waals surface area contributed by atoms with Gasteiger partial charge in [-0.15, -0.1) is 11.3 Å². The molecule has 0 spiro atoms. The first-order valence-electron chi connectivity index (χ1n) is 8.01. The van der Waals surface area contributed by atoms with Crippen LogP contribution in [0.4, 0.5) is 0 Å². The Labute approximate surface area is 147 Å². The van der Waals surface area contributed by atoms with Gasteiger partial charge in [0.05, 0.1) is 25.0 Å². The topological polar surface area (TPSA) is 44.2 Å². The van der Waals surface area contributed by atoms with Gasteiger partial charge in [-0.3, -0.25) is 0 Å². The van der Waals surface area contributed by atoms with Crippen LogP contribution in [0.15, 0.2) is 54.3 Å². The fourth-order valence-electron chi connectivity index (χ4n) is 2.21. The average molecular weight is 344 g/mol. The number of ether oxygens (including phenoxy) is 2. The number of hydrogen-bond acceptors (Lipinski definition) is 5. The molecule has 1 atom stereocenters. The Hall–Kier alpha value is -1.82. The van der Waals surface area contributed by atoms with Crippen molar-refractivity contribution in [2.75, 3.05) is 13.7 Å². The maximum atomic E-state index is 5.79. The summed E-state index contributed by atoms with van der Waals surface area (Å²) in [6.07, 6.45) is 5.21. The first-order valence-corrected chi connectivity index (χ1v) is 8.89. The van der Waals surface area contributed by atoms with E-state index >= 15 is 0 Å². The zero-order valence-corrected chi connectivity index (χ0v) is 15.0. The molecule has 1 aromatic carbocycles. The second-order valence-corrected chi connectivity index (χ2v) is 6.40. The molecule has 5 heteroatoms. The van der Waals surface area contributed by atoms with Gasteiger partial charge in [0.2, 0.25) is 0 Å². The lowest BCUT2D eigenvalue weighted by molar-refractivity contribution is -0.00160. The molecule has 1 heterocycles. The van der Waals surface area contributed by atoms with Gasteiger partial charge in [0, 0.05) is 18.2 Å². The molecular formula is C19H24N2O2S. The molecule has 0 N–H and O–H groups in total. The van der Waals surface area contributed by atoms with E-state index in [1.165, 1.54) is 10.4 Å². The third kappa shape index (κ3) is 6.74. The van der Waals surface area contributed by atoms with Gasteiger partial charge in [0.1, 0.15) is 6.33 Å². The molecule has 0 saturated carbocycles. The Kier molecular flexibility index (Phi) is 8.38. The monoisotopic (exact) mass is 344 g/mol. The summed E-state index contributed by atoms with van der Waals surface area (Å²) in [5.41, 5.74) is 2.18. The lowest BCUT2D eigenvalue weighted by atomic mass is 10.1. The van der Waals surface area contributed by atoms with Crippen molar-refractivity contribution in [3.05, 3.63) is 70.4 Å². The summed E-state index contributed by atoms with van der Waals surface area (Å²) in [4.78, 5) is 9.65. The van der Waals surface area contributed by atoms with Crippen LogP contribution in [0.1, 0.15) is 22.6 Å². The van der Waals surface area contributed by atoms with Crippen molar-refractivity contribution >= 4 is 11.3 Å². The molecule has 2 rings (SSSR count). The number of benzene rings is 1. The number of aryl methyl sites for hydroxylation is 2. The maximum absolute atomic E-state index is 5.79. The molecule has 0 saturated heterocycles. The number of methoxy groups -OCH3 is 1. The highest BCUT2D eigenvalue weighted by atomic mass is 32.1. The van der Waals surface area contributed by atoms with Crippen LogP contribution in [0.3, 0.4) is 0 Å². The second-order valence-electron chi connectivity index (χ2n) is 5.39. The van der Waals surface area contributed by atoms with E-state index in [4.69, 9.17) is 9.47 Å². The summed E-state index contributed by atoms with van der Waals surface area (Å²) in [6, 6.07) is 12.1. The molecule has 0 aliphatic carbocycles. The van der Waals surface area contributed by atoms with Gasteiger partial charge < -0.3 is 9.47 Å². The smallest absolute Gasteiger partial charge is 0.115 e. The SMILES string of the molecule is COC(CCc1scccncnc1C)COCc1ccccc1. The quantitative estimate of drug-likeness (QED) is 0.722. The summed E-state index contributed by atoms with van der Waals surface area (Å²) in [7, 11) is 1.74. The Morgan fingerprint density at radius 1 is 1.17 bits per heavy atom. The zero-order chi connectivity index (χ0) is 17.0. The van der Waals surface area contributed by atoms with Crippen LogP contribution in [0.5, 0.6) is 0 Å². The minimum atomic E-state index is 0.0754. The third-order valence-electron chi connectivity index (χ3n) is 3.62. The molecule has 0 bridgehead atoms. The van der Waals surface area contributed by atoms with Crippen molar-refractivity contribution < 1.29 is 9.47 Å². The predicted molar refractivity (Wildman–Crippen MR) is 97.5 cm³/mol. The van der Waals surface area contributed by atoms with E-state index in [0.29, 0.717) is 13.2 Å². The number of hydrogen-bond donors (Lipinski definition) is 0. The third-order valence-corrected chi connectivity index (χ3v) is 4.70. The van der Waals surface area contributed by atoms with E-state index in [2.05, 4.69) is 22.1 Å². The normalized spacial score (nSPS) is 11.8. The van der Waals surface area contributed by atoms with Crippen molar-refractivity contribution in [3.63, 3.8) is 0 Å². The minimum absolute atomic E-state index is 0.0754. The molecule has 0 radical (unpaired) electrons.